The van der Waals surface area contributed by atoms with E-state index in [0.717, 1.165) is 11.5 Å². The van der Waals surface area contributed by atoms with Gasteiger partial charge in [0.15, 0.2) is 0 Å². The summed E-state index contributed by atoms with van der Waals surface area (Å²) in [6.45, 7) is 1.97. The number of nitrogens with zero attached hydrogens (tertiary/aromatic N) is 1. The van der Waals surface area contributed by atoms with Crippen LogP contribution in [0.3, 0.4) is 0 Å². The minimum Gasteiger partial charge on any atom is -0.345 e. The van der Waals surface area contributed by atoms with Crippen molar-refractivity contribution in [3.63, 3.8) is 0 Å². The van der Waals surface area contributed by atoms with E-state index in [1.165, 1.54) is 18.5 Å². The van der Waals surface area contributed by atoms with Gasteiger partial charge in [0.1, 0.15) is 5.82 Å². The van der Waals surface area contributed by atoms with Crippen molar-refractivity contribution in [2.45, 2.75) is 31.6 Å². The number of aromatic amines is 1. The van der Waals surface area contributed by atoms with E-state index in [1.54, 1.807) is 0 Å². The fraction of sp³-hybridized carbons (Fsp3) is 0.625. The first kappa shape index (κ1) is 7.17. The average molecular weight is 171 g/mol. The van der Waals surface area contributed by atoms with Crippen LogP contribution in [0.5, 0.6) is 0 Å². The van der Waals surface area contributed by atoms with Gasteiger partial charge < -0.3 is 4.98 Å². The third kappa shape index (κ3) is 1.27. The molecule has 0 aromatic carbocycles. The van der Waals surface area contributed by atoms with Gasteiger partial charge in [-0.2, -0.15) is 0 Å². The maximum Gasteiger partial charge on any atom is 0.103 e. The fourth-order valence-corrected chi connectivity index (χ4v) is 1.56. The molecule has 3 heteroatoms. The fourth-order valence-electron chi connectivity index (χ4n) is 1.35. The molecule has 0 radical (unpaired) electrons. The van der Waals surface area contributed by atoms with Gasteiger partial charge >= 0.3 is 0 Å². The number of aromatic nitrogens is 2. The normalized spacial score (nSPS) is 17.3. The summed E-state index contributed by atoms with van der Waals surface area (Å²) in [7, 11) is 0. The molecule has 60 valence electrons. The van der Waals surface area contributed by atoms with Gasteiger partial charge in [0, 0.05) is 5.92 Å². The molecule has 2 nitrogen and oxygen atoms in total. The first-order valence-electron chi connectivity index (χ1n) is 3.92. The van der Waals surface area contributed by atoms with Gasteiger partial charge in [-0.15, -0.1) is 11.6 Å². The van der Waals surface area contributed by atoms with Gasteiger partial charge in [-0.05, 0) is 19.8 Å². The molecule has 1 aliphatic rings. The van der Waals surface area contributed by atoms with Crippen molar-refractivity contribution in [3.05, 3.63) is 17.2 Å². The zero-order chi connectivity index (χ0) is 7.84. The monoisotopic (exact) mass is 170 g/mol. The molecule has 0 unspecified atom stereocenters. The second-order valence-corrected chi connectivity index (χ2v) is 3.36. The molecule has 0 aliphatic heterocycles. The van der Waals surface area contributed by atoms with E-state index in [0.29, 0.717) is 11.8 Å². The summed E-state index contributed by atoms with van der Waals surface area (Å²) < 4.78 is 0. The Bertz CT molecular complexity index is 263. The third-order valence-corrected chi connectivity index (χ3v) is 2.29. The predicted octanol–water partition coefficient (Wildman–Crippen LogP) is 2.33. The zero-order valence-corrected chi connectivity index (χ0v) is 7.28. The third-order valence-electron chi connectivity index (χ3n) is 2.03. The van der Waals surface area contributed by atoms with Crippen molar-refractivity contribution in [1.82, 2.24) is 9.97 Å². The largest absolute Gasteiger partial charge is 0.345 e. The molecule has 0 atom stereocenters. The molecule has 1 aromatic rings. The highest BCUT2D eigenvalue weighted by atomic mass is 35.5. The van der Waals surface area contributed by atoms with Crippen LogP contribution in [0, 0.1) is 6.92 Å². The summed E-state index contributed by atoms with van der Waals surface area (Å²) in [6, 6.07) is 0. The number of alkyl halides is 1. The number of halogens is 1. The molecular weight excluding hydrogens is 160 g/mol. The van der Waals surface area contributed by atoms with Crippen molar-refractivity contribution in [1.29, 1.82) is 0 Å². The number of aryl methyl sites for hydroxylation is 1. The second-order valence-electron chi connectivity index (χ2n) is 3.09. The van der Waals surface area contributed by atoms with Crippen molar-refractivity contribution in [2.24, 2.45) is 0 Å². The Hall–Kier alpha value is -0.500. The Morgan fingerprint density at radius 3 is 2.91 bits per heavy atom. The highest BCUT2D eigenvalue weighted by molar-refractivity contribution is 6.17. The summed E-state index contributed by atoms with van der Waals surface area (Å²) >= 11 is 5.75. The van der Waals surface area contributed by atoms with E-state index in [9.17, 15) is 0 Å². The second kappa shape index (κ2) is 2.52. The number of H-pyrrole nitrogens is 1. The lowest BCUT2D eigenvalue weighted by Crippen LogP contribution is -1.85. The molecular formula is C8H11ClN2. The van der Waals surface area contributed by atoms with Crippen LogP contribution in [0.2, 0.25) is 0 Å². The van der Waals surface area contributed by atoms with Crippen LogP contribution in [0.25, 0.3) is 0 Å². The van der Waals surface area contributed by atoms with Gasteiger partial charge in [-0.3, -0.25) is 0 Å². The van der Waals surface area contributed by atoms with Crippen LogP contribution in [0.4, 0.5) is 0 Å². The lowest BCUT2D eigenvalue weighted by Gasteiger charge is -1.92. The zero-order valence-electron chi connectivity index (χ0n) is 6.52. The summed E-state index contributed by atoms with van der Waals surface area (Å²) in [5, 5.41) is 0. The van der Waals surface area contributed by atoms with Crippen LogP contribution >= 0.6 is 11.6 Å². The van der Waals surface area contributed by atoms with E-state index >= 15 is 0 Å². The quantitative estimate of drug-likeness (QED) is 0.679. The number of imidazole rings is 1. The van der Waals surface area contributed by atoms with Crippen LogP contribution in [0.15, 0.2) is 0 Å². The Morgan fingerprint density at radius 2 is 2.36 bits per heavy atom. The van der Waals surface area contributed by atoms with Gasteiger partial charge in [0.25, 0.3) is 0 Å². The number of hydrogen-bond acceptors (Lipinski definition) is 1. The highest BCUT2D eigenvalue weighted by Crippen LogP contribution is 2.40. The molecule has 0 saturated heterocycles. The first-order valence-corrected chi connectivity index (χ1v) is 4.46. The minimum absolute atomic E-state index is 0.562. The molecule has 2 rings (SSSR count). The Kier molecular flexibility index (Phi) is 1.64. The molecule has 11 heavy (non-hydrogen) atoms. The number of nitrogens with one attached hydrogen (secondary N) is 1. The first-order chi connectivity index (χ1) is 5.31. The van der Waals surface area contributed by atoms with Crippen LogP contribution in [0.1, 0.15) is 36.0 Å². The Balaban J connectivity index is 2.34. The van der Waals surface area contributed by atoms with Gasteiger partial charge in [0.05, 0.1) is 17.3 Å². The molecule has 1 aliphatic carbocycles. The van der Waals surface area contributed by atoms with E-state index < -0.39 is 0 Å². The van der Waals surface area contributed by atoms with Crippen LogP contribution in [-0.4, -0.2) is 9.97 Å². The predicted molar refractivity (Wildman–Crippen MR) is 44.9 cm³/mol. The smallest absolute Gasteiger partial charge is 0.103 e. The molecule has 0 bridgehead atoms. The van der Waals surface area contributed by atoms with E-state index in [-0.39, 0.29) is 0 Å². The summed E-state index contributed by atoms with van der Waals surface area (Å²) in [5.41, 5.74) is 2.32. The molecule has 0 spiro atoms. The summed E-state index contributed by atoms with van der Waals surface area (Å²) in [4.78, 5) is 7.58. The minimum atomic E-state index is 0.562. The van der Waals surface area contributed by atoms with Crippen molar-refractivity contribution >= 4 is 11.6 Å². The van der Waals surface area contributed by atoms with Gasteiger partial charge in [0.2, 0.25) is 0 Å². The maximum atomic E-state index is 5.75. The summed E-state index contributed by atoms with van der Waals surface area (Å²) in [6.07, 6.45) is 2.57. The molecule has 1 heterocycles. The lowest BCUT2D eigenvalue weighted by atomic mass is 10.2. The van der Waals surface area contributed by atoms with Crippen molar-refractivity contribution in [3.8, 4) is 0 Å². The van der Waals surface area contributed by atoms with Crippen molar-refractivity contribution < 1.29 is 0 Å². The average Bonchev–Trinajstić information content (AvgIpc) is 2.75. The molecule has 1 aromatic heterocycles. The van der Waals surface area contributed by atoms with Gasteiger partial charge in [-0.25, -0.2) is 4.98 Å². The number of hydrogen-bond donors (Lipinski definition) is 1. The Morgan fingerprint density at radius 1 is 1.64 bits per heavy atom. The highest BCUT2D eigenvalue weighted by Gasteiger charge is 2.28. The lowest BCUT2D eigenvalue weighted by molar-refractivity contribution is 1.01. The van der Waals surface area contributed by atoms with Crippen molar-refractivity contribution in [2.75, 3.05) is 0 Å². The molecule has 1 saturated carbocycles. The van der Waals surface area contributed by atoms with Crippen LogP contribution < -0.4 is 0 Å². The number of rotatable bonds is 2. The van der Waals surface area contributed by atoms with Gasteiger partial charge in [-0.1, -0.05) is 0 Å². The molecule has 1 N–H and O–H groups in total. The molecule has 0 amide bonds. The standard InChI is InChI=1S/C8H11ClN2/c1-5-10-7(4-9)8(11-5)6-2-3-6/h6H,2-4H2,1H3,(H,10,11). The Labute approximate surface area is 71.0 Å². The SMILES string of the molecule is Cc1nc(C2CC2)c(CCl)[nH]1. The van der Waals surface area contributed by atoms with Crippen LogP contribution in [-0.2, 0) is 5.88 Å². The van der Waals surface area contributed by atoms with E-state index in [2.05, 4.69) is 9.97 Å². The molecule has 1 fully saturated rings. The maximum absolute atomic E-state index is 5.75. The topological polar surface area (TPSA) is 28.7 Å². The van der Waals surface area contributed by atoms with E-state index in [4.69, 9.17) is 11.6 Å². The summed E-state index contributed by atoms with van der Waals surface area (Å²) in [5.74, 6) is 2.25. The van der Waals surface area contributed by atoms with E-state index in [1.807, 2.05) is 6.92 Å².